The summed E-state index contributed by atoms with van der Waals surface area (Å²) in [5, 5.41) is 0. The molecule has 0 bridgehead atoms. The quantitative estimate of drug-likeness (QED) is 0.252. The summed E-state index contributed by atoms with van der Waals surface area (Å²) in [6.07, 6.45) is -28.9. The van der Waals surface area contributed by atoms with E-state index in [1.54, 1.807) is 0 Å². The van der Waals surface area contributed by atoms with E-state index in [0.29, 0.717) is 12.5 Å². The molecule has 2 aromatic rings. The summed E-state index contributed by atoms with van der Waals surface area (Å²) in [4.78, 5) is -3.68. The molecule has 40 heavy (non-hydrogen) atoms. The van der Waals surface area contributed by atoms with Crippen molar-refractivity contribution in [3.63, 3.8) is 0 Å². The van der Waals surface area contributed by atoms with Gasteiger partial charge < -0.3 is 9.47 Å². The van der Waals surface area contributed by atoms with E-state index in [2.05, 4.69) is 11.3 Å². The van der Waals surface area contributed by atoms with Gasteiger partial charge in [0.1, 0.15) is 39.7 Å². The molecule has 0 radical (unpaired) electrons. The molecule has 2 aromatic carbocycles. The average molecular weight is 620 g/mol. The number of benzene rings is 2. The molecule has 0 fully saturated rings. The van der Waals surface area contributed by atoms with Gasteiger partial charge in [0.15, 0.2) is 0 Å². The Morgan fingerprint density at radius 3 is 1.35 bits per heavy atom. The summed E-state index contributed by atoms with van der Waals surface area (Å²) in [5.41, 5.74) is -14.1. The molecule has 0 saturated heterocycles. The molecule has 2 rings (SSSR count). The largest absolute Gasteiger partial charge is 0.487 e. The van der Waals surface area contributed by atoms with Gasteiger partial charge in [-0.3, -0.25) is 4.55 Å². The maximum absolute atomic E-state index is 13.9. The van der Waals surface area contributed by atoms with Crippen LogP contribution in [0.25, 0.3) is 6.08 Å². The number of ether oxygens (including phenoxy) is 2. The first kappa shape index (κ1) is 33.1. The van der Waals surface area contributed by atoms with Crippen LogP contribution in [0.5, 0.6) is 11.5 Å². The van der Waals surface area contributed by atoms with Gasteiger partial charge in [0.2, 0.25) is 0 Å². The van der Waals surface area contributed by atoms with E-state index in [9.17, 15) is 61.1 Å². The predicted octanol–water partition coefficient (Wildman–Crippen LogP) is 7.89. The molecule has 0 aliphatic carbocycles. The maximum Gasteiger partial charge on any atom is 0.420 e. The van der Waals surface area contributed by atoms with Crippen LogP contribution in [0.15, 0.2) is 35.7 Å². The Morgan fingerprint density at radius 2 is 1.05 bits per heavy atom. The molecule has 0 aromatic heterocycles. The van der Waals surface area contributed by atoms with Crippen molar-refractivity contribution in [1.82, 2.24) is 0 Å². The van der Waals surface area contributed by atoms with Crippen LogP contribution in [-0.4, -0.2) is 25.2 Å². The van der Waals surface area contributed by atoms with Gasteiger partial charge in [-0.2, -0.15) is 61.1 Å². The van der Waals surface area contributed by atoms with Crippen LogP contribution >= 0.6 is 0 Å². The van der Waals surface area contributed by atoms with E-state index in [1.807, 2.05) is 0 Å². The van der Waals surface area contributed by atoms with Gasteiger partial charge >= 0.3 is 24.7 Å². The average Bonchev–Trinajstić information content (AvgIpc) is 2.74. The Labute approximate surface area is 217 Å². The molecular weight excluding hydrogens is 604 g/mol. The van der Waals surface area contributed by atoms with E-state index >= 15 is 0 Å². The van der Waals surface area contributed by atoms with Gasteiger partial charge in [0, 0.05) is 0 Å². The number of alkyl halides is 12. The van der Waals surface area contributed by atoms with Crippen LogP contribution in [0.2, 0.25) is 0 Å². The van der Waals surface area contributed by atoms with Gasteiger partial charge in [-0.25, -0.2) is 0 Å². The molecule has 0 heterocycles. The first-order chi connectivity index (χ1) is 17.8. The Balaban J connectivity index is 3.02. The highest BCUT2D eigenvalue weighted by atomic mass is 32.2. The van der Waals surface area contributed by atoms with Crippen molar-refractivity contribution in [3.05, 3.63) is 58.7 Å². The molecule has 0 aliphatic heterocycles. The van der Waals surface area contributed by atoms with E-state index in [1.165, 1.54) is 30.3 Å². The minimum atomic E-state index is -7.03. The molecule has 0 saturated carbocycles. The van der Waals surface area contributed by atoms with Gasteiger partial charge in [0.25, 0.3) is 10.1 Å². The first-order valence-electron chi connectivity index (χ1n) is 10.4. The normalized spacial score (nSPS) is 15.0. The monoisotopic (exact) mass is 620 g/mol. The Bertz CT molecular complexity index is 1300. The summed E-state index contributed by atoms with van der Waals surface area (Å²) in [6.45, 7) is 5.11. The molecule has 2 atom stereocenters. The third kappa shape index (κ3) is 7.13. The van der Waals surface area contributed by atoms with Crippen molar-refractivity contribution in [2.24, 2.45) is 0 Å². The smallest absolute Gasteiger partial charge is 0.420 e. The summed E-state index contributed by atoms with van der Waals surface area (Å²) in [7, 11) is -7.03. The van der Waals surface area contributed by atoms with Gasteiger partial charge in [-0.1, -0.05) is 24.8 Å². The molecule has 2 unspecified atom stereocenters. The van der Waals surface area contributed by atoms with Crippen molar-refractivity contribution in [3.8, 4) is 11.5 Å². The summed E-state index contributed by atoms with van der Waals surface area (Å²) in [6, 6.07) is 5.33. The second kappa shape index (κ2) is 10.7. The van der Waals surface area contributed by atoms with Crippen LogP contribution in [0.1, 0.15) is 41.7 Å². The summed E-state index contributed by atoms with van der Waals surface area (Å²) >= 11 is 0. The lowest BCUT2D eigenvalue weighted by Crippen LogP contribution is -2.35. The molecule has 18 heteroatoms. The van der Waals surface area contributed by atoms with Crippen LogP contribution < -0.4 is 9.47 Å². The Kier molecular flexibility index (Phi) is 8.83. The van der Waals surface area contributed by atoms with Crippen molar-refractivity contribution in [1.29, 1.82) is 0 Å². The van der Waals surface area contributed by atoms with Gasteiger partial charge in [-0.05, 0) is 31.5 Å². The third-order valence-corrected chi connectivity index (χ3v) is 6.13. The standard InChI is InChI=1S/C22H16F12O5S/c1-4-11-5-7-12(8-6-11)38-9(2)10(3)39-17-13(19(23,24)25)15(21(29,30)31)18(40(35,36)37)16(22(32,33)34)14(17)20(26,27)28/h4-10H,1H2,2-3H3,(H,35,36,37). The molecule has 5 nitrogen and oxygen atoms in total. The molecular formula is C22H16F12O5S. The number of hydrogen-bond acceptors (Lipinski definition) is 4. The number of halogens is 12. The highest BCUT2D eigenvalue weighted by Crippen LogP contribution is 2.57. The van der Waals surface area contributed by atoms with Crippen molar-refractivity contribution >= 4 is 16.2 Å². The van der Waals surface area contributed by atoms with Crippen LogP contribution in [0, 0.1) is 0 Å². The molecule has 0 aliphatic rings. The lowest BCUT2D eigenvalue weighted by atomic mass is 9.94. The minimum absolute atomic E-state index is 0.0747. The van der Waals surface area contributed by atoms with E-state index in [-0.39, 0.29) is 5.75 Å². The third-order valence-electron chi connectivity index (χ3n) is 5.20. The predicted molar refractivity (Wildman–Crippen MR) is 113 cm³/mol. The highest BCUT2D eigenvalue weighted by molar-refractivity contribution is 7.86. The van der Waals surface area contributed by atoms with E-state index < -0.39 is 79.9 Å². The maximum atomic E-state index is 13.9. The zero-order valence-electron chi connectivity index (χ0n) is 19.8. The van der Waals surface area contributed by atoms with Crippen molar-refractivity contribution < 1.29 is 75.1 Å². The topological polar surface area (TPSA) is 72.8 Å². The molecule has 224 valence electrons. The molecule has 0 spiro atoms. The zero-order valence-corrected chi connectivity index (χ0v) is 20.6. The molecule has 1 N–H and O–H groups in total. The van der Waals surface area contributed by atoms with E-state index in [0.717, 1.165) is 6.92 Å². The second-order valence-corrected chi connectivity index (χ2v) is 9.40. The Hall–Kier alpha value is -3.15. The van der Waals surface area contributed by atoms with Gasteiger partial charge in [0.05, 0.1) is 11.1 Å². The lowest BCUT2D eigenvalue weighted by Gasteiger charge is -2.31. The van der Waals surface area contributed by atoms with Crippen LogP contribution in [0.4, 0.5) is 52.7 Å². The zero-order chi connectivity index (χ0) is 31.2. The SMILES string of the molecule is C=Cc1ccc(OC(C)C(C)Oc2c(C(F)(F)F)c(C(F)(F)F)c(S(=O)(=O)O)c(C(F)(F)F)c2C(F)(F)F)cc1. The Morgan fingerprint density at radius 1 is 0.700 bits per heavy atom. The fourth-order valence-electron chi connectivity index (χ4n) is 3.44. The highest BCUT2D eigenvalue weighted by Gasteiger charge is 2.59. The second-order valence-electron chi connectivity index (χ2n) is 8.04. The van der Waals surface area contributed by atoms with Crippen molar-refractivity contribution in [2.75, 3.05) is 0 Å². The van der Waals surface area contributed by atoms with Crippen molar-refractivity contribution in [2.45, 2.75) is 55.7 Å². The lowest BCUT2D eigenvalue weighted by molar-refractivity contribution is -0.176. The number of hydrogen-bond donors (Lipinski definition) is 1. The van der Waals surface area contributed by atoms with Crippen LogP contribution in [-0.2, 0) is 34.8 Å². The summed E-state index contributed by atoms with van der Waals surface area (Å²) in [5.74, 6) is -3.09. The fraction of sp³-hybridized carbons (Fsp3) is 0.364. The number of rotatable bonds is 7. The fourth-order valence-corrected chi connectivity index (χ4v) is 4.39. The van der Waals surface area contributed by atoms with Crippen LogP contribution in [0.3, 0.4) is 0 Å². The first-order valence-corrected chi connectivity index (χ1v) is 11.8. The molecule has 0 amide bonds. The summed E-state index contributed by atoms with van der Waals surface area (Å²) < 4.78 is 208. The minimum Gasteiger partial charge on any atom is -0.487 e. The van der Waals surface area contributed by atoms with Gasteiger partial charge in [-0.15, -0.1) is 0 Å². The van der Waals surface area contributed by atoms with E-state index in [4.69, 9.17) is 9.29 Å².